The molecule has 4 nitrogen and oxygen atoms in total. The number of hydrogen-bond acceptors (Lipinski definition) is 3. The van der Waals surface area contributed by atoms with Gasteiger partial charge in [-0.3, -0.25) is 0 Å². The fraction of sp³-hybridized carbons (Fsp3) is 0.538. The summed E-state index contributed by atoms with van der Waals surface area (Å²) < 4.78 is 53.3. The second kappa shape index (κ2) is 5.75. The van der Waals surface area contributed by atoms with Crippen LogP contribution in [0.2, 0.25) is 0 Å². The molecule has 0 aliphatic heterocycles. The van der Waals surface area contributed by atoms with E-state index in [0.717, 1.165) is 16.4 Å². The van der Waals surface area contributed by atoms with Crippen molar-refractivity contribution < 1.29 is 17.2 Å². The first kappa shape index (κ1) is 17.0. The molecule has 0 spiro atoms. The average Bonchev–Trinajstić information content (AvgIpc) is 2.40. The molecule has 0 saturated heterocycles. The van der Waals surface area contributed by atoms with Crippen molar-refractivity contribution >= 4 is 10.0 Å². The van der Waals surface area contributed by atoms with Crippen LogP contribution in [0.1, 0.15) is 32.8 Å². The summed E-state index contributed by atoms with van der Waals surface area (Å²) in [5.74, 6) is -2.59. The Labute approximate surface area is 118 Å². The van der Waals surface area contributed by atoms with Gasteiger partial charge in [0.25, 0.3) is 0 Å². The van der Waals surface area contributed by atoms with E-state index >= 15 is 0 Å². The maximum absolute atomic E-state index is 13.8. The minimum atomic E-state index is -4.13. The molecule has 1 rings (SSSR count). The SMILES string of the molecule is CCC(C)(C)N(C)S(=O)(=O)c1cc(CN)cc(F)c1F. The van der Waals surface area contributed by atoms with Crippen molar-refractivity contribution in [1.29, 1.82) is 0 Å². The highest BCUT2D eigenvalue weighted by Crippen LogP contribution is 2.28. The molecule has 0 bridgehead atoms. The summed E-state index contributed by atoms with van der Waals surface area (Å²) in [5, 5.41) is 0. The molecule has 20 heavy (non-hydrogen) atoms. The van der Waals surface area contributed by atoms with Gasteiger partial charge in [0.15, 0.2) is 11.6 Å². The van der Waals surface area contributed by atoms with E-state index < -0.39 is 32.1 Å². The van der Waals surface area contributed by atoms with E-state index in [2.05, 4.69) is 0 Å². The number of rotatable bonds is 5. The van der Waals surface area contributed by atoms with Crippen LogP contribution in [0.15, 0.2) is 17.0 Å². The van der Waals surface area contributed by atoms with Gasteiger partial charge in [-0.25, -0.2) is 17.2 Å². The van der Waals surface area contributed by atoms with Crippen molar-refractivity contribution in [2.75, 3.05) is 7.05 Å². The van der Waals surface area contributed by atoms with Gasteiger partial charge in [-0.1, -0.05) is 6.92 Å². The van der Waals surface area contributed by atoms with Gasteiger partial charge >= 0.3 is 0 Å². The third-order valence-electron chi connectivity index (χ3n) is 3.65. The maximum Gasteiger partial charge on any atom is 0.246 e. The van der Waals surface area contributed by atoms with Gasteiger partial charge in [0, 0.05) is 19.1 Å². The third kappa shape index (κ3) is 2.99. The van der Waals surface area contributed by atoms with Crippen LogP contribution in [-0.2, 0) is 16.6 Å². The molecule has 0 aliphatic rings. The largest absolute Gasteiger partial charge is 0.326 e. The number of sulfonamides is 1. The minimum Gasteiger partial charge on any atom is -0.326 e. The Morgan fingerprint density at radius 2 is 1.85 bits per heavy atom. The molecule has 2 N–H and O–H groups in total. The lowest BCUT2D eigenvalue weighted by molar-refractivity contribution is 0.256. The second-order valence-corrected chi connectivity index (χ2v) is 7.17. The molecule has 7 heteroatoms. The van der Waals surface area contributed by atoms with Gasteiger partial charge in [-0.2, -0.15) is 4.31 Å². The van der Waals surface area contributed by atoms with Gasteiger partial charge in [0.2, 0.25) is 10.0 Å². The van der Waals surface area contributed by atoms with E-state index in [-0.39, 0.29) is 12.1 Å². The Kier molecular flexibility index (Phi) is 4.89. The summed E-state index contributed by atoms with van der Waals surface area (Å²) >= 11 is 0. The zero-order valence-electron chi connectivity index (χ0n) is 12.1. The first-order valence-corrected chi connectivity index (χ1v) is 7.69. The predicted molar refractivity (Wildman–Crippen MR) is 73.6 cm³/mol. The van der Waals surface area contributed by atoms with Crippen molar-refractivity contribution in [3.05, 3.63) is 29.3 Å². The van der Waals surface area contributed by atoms with Gasteiger partial charge in [-0.05, 0) is 38.0 Å². The zero-order valence-corrected chi connectivity index (χ0v) is 12.9. The van der Waals surface area contributed by atoms with E-state index in [0.29, 0.717) is 6.42 Å². The van der Waals surface area contributed by atoms with E-state index in [1.165, 1.54) is 7.05 Å². The maximum atomic E-state index is 13.8. The highest BCUT2D eigenvalue weighted by Gasteiger charge is 2.35. The van der Waals surface area contributed by atoms with Crippen molar-refractivity contribution in [2.45, 2.75) is 44.2 Å². The topological polar surface area (TPSA) is 63.4 Å². The molecule has 1 aromatic rings. The lowest BCUT2D eigenvalue weighted by atomic mass is 10.0. The molecule has 0 atom stereocenters. The monoisotopic (exact) mass is 306 g/mol. The number of halogens is 2. The fourth-order valence-electron chi connectivity index (χ4n) is 1.62. The summed E-state index contributed by atoms with van der Waals surface area (Å²) in [4.78, 5) is -0.679. The first-order chi connectivity index (χ1) is 9.07. The van der Waals surface area contributed by atoms with Gasteiger partial charge in [-0.15, -0.1) is 0 Å². The third-order valence-corrected chi connectivity index (χ3v) is 5.71. The Balaban J connectivity index is 3.47. The molecule has 114 valence electrons. The Morgan fingerprint density at radius 3 is 2.30 bits per heavy atom. The van der Waals surface area contributed by atoms with Crippen molar-refractivity contribution in [3.63, 3.8) is 0 Å². The van der Waals surface area contributed by atoms with Crippen LogP contribution >= 0.6 is 0 Å². The van der Waals surface area contributed by atoms with Crippen LogP contribution in [0.5, 0.6) is 0 Å². The summed E-state index contributed by atoms with van der Waals surface area (Å²) in [6.45, 7) is 5.18. The van der Waals surface area contributed by atoms with Crippen LogP contribution in [0.25, 0.3) is 0 Å². The molecule has 0 saturated carbocycles. The highest BCUT2D eigenvalue weighted by molar-refractivity contribution is 7.89. The summed E-state index contributed by atoms with van der Waals surface area (Å²) in [6, 6.07) is 1.98. The van der Waals surface area contributed by atoms with Crippen LogP contribution in [-0.4, -0.2) is 25.3 Å². The Bertz CT molecular complexity index is 601. The lowest BCUT2D eigenvalue weighted by Crippen LogP contribution is -2.44. The molecule has 0 aromatic heterocycles. The molecule has 0 unspecified atom stereocenters. The molecule has 0 heterocycles. The van der Waals surface area contributed by atoms with Crippen molar-refractivity contribution in [2.24, 2.45) is 5.73 Å². The Hall–Kier alpha value is -1.05. The summed E-state index contributed by atoms with van der Waals surface area (Å²) in [5.41, 5.74) is 4.89. The summed E-state index contributed by atoms with van der Waals surface area (Å²) in [7, 11) is -2.78. The van der Waals surface area contributed by atoms with E-state index in [9.17, 15) is 17.2 Å². The number of hydrogen-bond donors (Lipinski definition) is 1. The smallest absolute Gasteiger partial charge is 0.246 e. The molecule has 0 amide bonds. The molecule has 0 fully saturated rings. The van der Waals surface area contributed by atoms with Crippen molar-refractivity contribution in [1.82, 2.24) is 4.31 Å². The van der Waals surface area contributed by atoms with Crippen LogP contribution in [0.3, 0.4) is 0 Å². The quantitative estimate of drug-likeness (QED) is 0.907. The van der Waals surface area contributed by atoms with E-state index in [4.69, 9.17) is 5.73 Å². The zero-order chi connectivity index (χ0) is 15.7. The number of nitrogens with zero attached hydrogens (tertiary/aromatic N) is 1. The van der Waals surface area contributed by atoms with Gasteiger partial charge < -0.3 is 5.73 Å². The molecule has 1 aromatic carbocycles. The van der Waals surface area contributed by atoms with Crippen LogP contribution < -0.4 is 5.73 Å². The first-order valence-electron chi connectivity index (χ1n) is 6.25. The molecule has 0 aliphatic carbocycles. The standard InChI is InChI=1S/C13H20F2N2O2S/c1-5-13(2,3)17(4)20(18,19)11-7-9(8-16)6-10(14)12(11)15/h6-7H,5,8,16H2,1-4H3. The Morgan fingerprint density at radius 1 is 1.30 bits per heavy atom. The molecular weight excluding hydrogens is 286 g/mol. The van der Waals surface area contributed by atoms with Gasteiger partial charge in [0.1, 0.15) is 4.90 Å². The van der Waals surface area contributed by atoms with Crippen LogP contribution in [0.4, 0.5) is 8.78 Å². The predicted octanol–water partition coefficient (Wildman–Crippen LogP) is 2.23. The molecular formula is C13H20F2N2O2S. The van der Waals surface area contributed by atoms with Crippen LogP contribution in [0, 0.1) is 11.6 Å². The number of nitrogens with two attached hydrogens (primary N) is 1. The lowest BCUT2D eigenvalue weighted by Gasteiger charge is -2.33. The summed E-state index contributed by atoms with van der Waals surface area (Å²) in [6.07, 6.45) is 0.531. The average molecular weight is 306 g/mol. The van der Waals surface area contributed by atoms with Crippen molar-refractivity contribution in [3.8, 4) is 0 Å². The van der Waals surface area contributed by atoms with Gasteiger partial charge in [0.05, 0.1) is 0 Å². The fourth-order valence-corrected chi connectivity index (χ4v) is 3.32. The molecule has 0 radical (unpaired) electrons. The second-order valence-electron chi connectivity index (χ2n) is 5.23. The normalized spacial score (nSPS) is 13.0. The number of benzene rings is 1. The van der Waals surface area contributed by atoms with E-state index in [1.807, 2.05) is 6.92 Å². The minimum absolute atomic E-state index is 0.0688. The highest BCUT2D eigenvalue weighted by atomic mass is 32.2. The van der Waals surface area contributed by atoms with E-state index in [1.54, 1.807) is 13.8 Å².